The molecule has 1 amide bonds. The number of ether oxygens (including phenoxy) is 1. The van der Waals surface area contributed by atoms with Gasteiger partial charge in [-0.25, -0.2) is 0 Å². The second-order valence-corrected chi connectivity index (χ2v) is 6.33. The van der Waals surface area contributed by atoms with Crippen molar-refractivity contribution < 1.29 is 19.0 Å². The molecular weight excluding hydrogens is 362 g/mol. The summed E-state index contributed by atoms with van der Waals surface area (Å²) in [6.07, 6.45) is 0. The van der Waals surface area contributed by atoms with E-state index in [1.54, 1.807) is 37.3 Å². The molecule has 0 atom stereocenters. The zero-order valence-corrected chi connectivity index (χ0v) is 15.7. The summed E-state index contributed by atoms with van der Waals surface area (Å²) in [5, 5.41) is 17.5. The van der Waals surface area contributed by atoms with Gasteiger partial charge in [-0.05, 0) is 50.6 Å². The van der Waals surface area contributed by atoms with E-state index in [9.17, 15) is 14.9 Å². The highest BCUT2D eigenvalue weighted by molar-refractivity contribution is 6.04. The fourth-order valence-corrected chi connectivity index (χ4v) is 2.62. The summed E-state index contributed by atoms with van der Waals surface area (Å²) in [4.78, 5) is 22.9. The third kappa shape index (κ3) is 4.17. The first-order valence-electron chi connectivity index (χ1n) is 8.56. The zero-order chi connectivity index (χ0) is 20.3. The van der Waals surface area contributed by atoms with Gasteiger partial charge in [0.05, 0.1) is 21.9 Å². The number of carbonyl (C=O) groups is 1. The smallest absolute Gasteiger partial charge is 0.271 e. The van der Waals surface area contributed by atoms with Gasteiger partial charge in [-0.15, -0.1) is 0 Å². The Kier molecular flexibility index (Phi) is 5.39. The third-order valence-electron chi connectivity index (χ3n) is 4.36. The molecule has 2 aromatic carbocycles. The van der Waals surface area contributed by atoms with Crippen molar-refractivity contribution in [2.24, 2.45) is 0 Å². The van der Waals surface area contributed by atoms with Crippen LogP contribution in [0.15, 0.2) is 47.0 Å². The van der Waals surface area contributed by atoms with Crippen molar-refractivity contribution in [3.8, 4) is 5.75 Å². The first-order chi connectivity index (χ1) is 13.3. The van der Waals surface area contributed by atoms with Crippen molar-refractivity contribution in [3.05, 3.63) is 80.7 Å². The van der Waals surface area contributed by atoms with Crippen LogP contribution in [-0.4, -0.2) is 16.0 Å². The van der Waals surface area contributed by atoms with Gasteiger partial charge in [0.2, 0.25) is 0 Å². The largest absolute Gasteiger partial charge is 0.489 e. The summed E-state index contributed by atoms with van der Waals surface area (Å²) >= 11 is 0. The number of aryl methyl sites for hydroxylation is 3. The molecule has 0 radical (unpaired) electrons. The van der Waals surface area contributed by atoms with Crippen LogP contribution >= 0.6 is 0 Å². The molecule has 8 nitrogen and oxygen atoms in total. The van der Waals surface area contributed by atoms with Crippen molar-refractivity contribution >= 4 is 17.3 Å². The van der Waals surface area contributed by atoms with E-state index in [1.807, 2.05) is 13.8 Å². The Balaban J connectivity index is 1.67. The molecule has 0 spiro atoms. The van der Waals surface area contributed by atoms with Crippen LogP contribution in [0, 0.1) is 30.9 Å². The maximum absolute atomic E-state index is 12.5. The van der Waals surface area contributed by atoms with Gasteiger partial charge in [-0.2, -0.15) is 0 Å². The van der Waals surface area contributed by atoms with E-state index in [1.165, 1.54) is 12.1 Å². The zero-order valence-electron chi connectivity index (χ0n) is 15.7. The molecule has 0 unspecified atom stereocenters. The van der Waals surface area contributed by atoms with E-state index in [0.717, 1.165) is 16.8 Å². The third-order valence-corrected chi connectivity index (χ3v) is 4.36. The van der Waals surface area contributed by atoms with Crippen LogP contribution in [0.2, 0.25) is 0 Å². The molecule has 0 fully saturated rings. The van der Waals surface area contributed by atoms with Gasteiger partial charge in [0.1, 0.15) is 18.1 Å². The molecule has 1 heterocycles. The molecule has 144 valence electrons. The Morgan fingerprint density at radius 3 is 2.50 bits per heavy atom. The van der Waals surface area contributed by atoms with Crippen molar-refractivity contribution in [2.75, 3.05) is 5.32 Å². The van der Waals surface area contributed by atoms with Crippen molar-refractivity contribution in [3.63, 3.8) is 0 Å². The average Bonchev–Trinajstić information content (AvgIpc) is 2.99. The fourth-order valence-electron chi connectivity index (χ4n) is 2.62. The fraction of sp³-hybridized carbons (Fsp3) is 0.200. The van der Waals surface area contributed by atoms with Crippen LogP contribution in [0.25, 0.3) is 0 Å². The van der Waals surface area contributed by atoms with Gasteiger partial charge in [0, 0.05) is 17.7 Å². The predicted molar refractivity (Wildman–Crippen MR) is 103 cm³/mol. The van der Waals surface area contributed by atoms with Gasteiger partial charge in [0.15, 0.2) is 0 Å². The van der Waals surface area contributed by atoms with E-state index < -0.39 is 4.92 Å². The standard InChI is InChI=1S/C20H19N3O5/c1-12-4-7-16(23(25)26)10-19(12)21-20(24)15-5-8-17(9-6-15)27-11-18-13(2)22-28-14(18)3/h4-10H,11H2,1-3H3,(H,21,24). The van der Waals surface area contributed by atoms with Crippen molar-refractivity contribution in [1.82, 2.24) is 5.16 Å². The van der Waals surface area contributed by atoms with Crippen LogP contribution in [0.5, 0.6) is 5.75 Å². The molecule has 0 bridgehead atoms. The predicted octanol–water partition coefficient (Wildman–Crippen LogP) is 4.34. The SMILES string of the molecule is Cc1ccc([N+](=O)[O-])cc1NC(=O)c1ccc(OCc2c(C)noc2C)cc1. The van der Waals surface area contributed by atoms with E-state index in [4.69, 9.17) is 9.26 Å². The molecule has 8 heteroatoms. The minimum atomic E-state index is -0.500. The minimum Gasteiger partial charge on any atom is -0.489 e. The lowest BCUT2D eigenvalue weighted by Gasteiger charge is -2.09. The van der Waals surface area contributed by atoms with Gasteiger partial charge < -0.3 is 14.6 Å². The number of carbonyl (C=O) groups excluding carboxylic acids is 1. The average molecular weight is 381 g/mol. The maximum atomic E-state index is 12.5. The number of nitro benzene ring substituents is 1. The van der Waals surface area contributed by atoms with Crippen LogP contribution in [0.4, 0.5) is 11.4 Å². The van der Waals surface area contributed by atoms with E-state index >= 15 is 0 Å². The molecule has 0 aliphatic rings. The Hall–Kier alpha value is -3.68. The summed E-state index contributed by atoms with van der Waals surface area (Å²) in [5.41, 5.74) is 3.14. The van der Waals surface area contributed by atoms with Gasteiger partial charge in [0.25, 0.3) is 11.6 Å². The normalized spacial score (nSPS) is 10.5. The molecule has 1 N–H and O–H groups in total. The topological polar surface area (TPSA) is 108 Å². The molecule has 0 aliphatic heterocycles. The van der Waals surface area contributed by atoms with Crippen molar-refractivity contribution in [2.45, 2.75) is 27.4 Å². The quantitative estimate of drug-likeness (QED) is 0.503. The van der Waals surface area contributed by atoms with Crippen LogP contribution < -0.4 is 10.1 Å². The number of benzene rings is 2. The molecular formula is C20H19N3O5. The molecule has 3 rings (SSSR count). The highest BCUT2D eigenvalue weighted by Crippen LogP contribution is 2.23. The molecule has 3 aromatic rings. The Morgan fingerprint density at radius 1 is 1.18 bits per heavy atom. The van der Waals surface area contributed by atoms with Crippen molar-refractivity contribution in [1.29, 1.82) is 0 Å². The van der Waals surface area contributed by atoms with Gasteiger partial charge >= 0.3 is 0 Å². The first-order valence-corrected chi connectivity index (χ1v) is 8.56. The van der Waals surface area contributed by atoms with Crippen LogP contribution in [0.3, 0.4) is 0 Å². The summed E-state index contributed by atoms with van der Waals surface area (Å²) in [5.74, 6) is 0.949. The number of nitro groups is 1. The number of hydrogen-bond donors (Lipinski definition) is 1. The number of aromatic nitrogens is 1. The number of hydrogen-bond acceptors (Lipinski definition) is 6. The number of nitrogens with zero attached hydrogens (tertiary/aromatic N) is 2. The van der Waals surface area contributed by atoms with E-state index in [2.05, 4.69) is 10.5 Å². The lowest BCUT2D eigenvalue weighted by molar-refractivity contribution is -0.384. The highest BCUT2D eigenvalue weighted by atomic mass is 16.6. The summed E-state index contributed by atoms with van der Waals surface area (Å²) in [6, 6.07) is 11.0. The second-order valence-electron chi connectivity index (χ2n) is 6.33. The Labute approximate surface area is 161 Å². The first kappa shape index (κ1) is 19.1. The van der Waals surface area contributed by atoms with Crippen LogP contribution in [-0.2, 0) is 6.61 Å². The minimum absolute atomic E-state index is 0.0797. The molecule has 28 heavy (non-hydrogen) atoms. The lowest BCUT2D eigenvalue weighted by Crippen LogP contribution is -2.13. The number of rotatable bonds is 6. The maximum Gasteiger partial charge on any atom is 0.271 e. The second kappa shape index (κ2) is 7.91. The van der Waals surface area contributed by atoms with E-state index in [-0.39, 0.29) is 11.6 Å². The van der Waals surface area contributed by atoms with Gasteiger partial charge in [-0.1, -0.05) is 11.2 Å². The van der Waals surface area contributed by atoms with E-state index in [0.29, 0.717) is 29.4 Å². The molecule has 0 saturated heterocycles. The summed E-state index contributed by atoms with van der Waals surface area (Å²) in [6.45, 7) is 5.76. The summed E-state index contributed by atoms with van der Waals surface area (Å²) < 4.78 is 10.8. The monoisotopic (exact) mass is 381 g/mol. The highest BCUT2D eigenvalue weighted by Gasteiger charge is 2.13. The number of non-ortho nitro benzene ring substituents is 1. The molecule has 0 saturated carbocycles. The number of amides is 1. The Morgan fingerprint density at radius 2 is 1.89 bits per heavy atom. The lowest BCUT2D eigenvalue weighted by atomic mass is 10.1. The number of anilines is 1. The summed E-state index contributed by atoms with van der Waals surface area (Å²) in [7, 11) is 0. The molecule has 1 aromatic heterocycles. The Bertz CT molecular complexity index is 1010. The molecule has 0 aliphatic carbocycles. The van der Waals surface area contributed by atoms with Crippen LogP contribution in [0.1, 0.15) is 32.9 Å². The van der Waals surface area contributed by atoms with Gasteiger partial charge in [-0.3, -0.25) is 14.9 Å². The number of nitrogens with one attached hydrogen (secondary N) is 1.